The SMILES string of the molecule is Cn1c(Nc2cc(C(F)(F)F)ccc2F)nc2cc(Oc3ccnc(CC(=O)CN4CCNCC4)c3)ccc21. The highest BCUT2D eigenvalue weighted by molar-refractivity contribution is 5.83. The number of ketones is 1. The molecule has 1 saturated heterocycles. The van der Waals surface area contributed by atoms with Gasteiger partial charge in [0.25, 0.3) is 0 Å². The molecule has 4 aromatic rings. The molecule has 3 heterocycles. The molecule has 12 heteroatoms. The van der Waals surface area contributed by atoms with Crippen LogP contribution in [-0.2, 0) is 24.4 Å². The van der Waals surface area contributed by atoms with Crippen LogP contribution in [0.5, 0.6) is 11.5 Å². The van der Waals surface area contributed by atoms with Crippen molar-refractivity contribution in [1.29, 1.82) is 0 Å². The minimum atomic E-state index is -4.60. The molecular formula is C27H26F4N6O2. The average Bonchev–Trinajstić information content (AvgIpc) is 3.19. The normalized spacial score (nSPS) is 14.5. The van der Waals surface area contributed by atoms with Gasteiger partial charge in [0, 0.05) is 51.6 Å². The van der Waals surface area contributed by atoms with Crippen LogP contribution in [0.4, 0.5) is 29.2 Å². The minimum Gasteiger partial charge on any atom is -0.457 e. The monoisotopic (exact) mass is 542 g/mol. The summed E-state index contributed by atoms with van der Waals surface area (Å²) in [4.78, 5) is 23.3. The Kier molecular flexibility index (Phi) is 7.49. The summed E-state index contributed by atoms with van der Waals surface area (Å²) in [5.41, 5.74) is 0.441. The number of fused-ring (bicyclic) bond motifs is 1. The molecule has 2 aromatic carbocycles. The zero-order valence-corrected chi connectivity index (χ0v) is 21.1. The molecule has 1 aliphatic rings. The highest BCUT2D eigenvalue weighted by Crippen LogP contribution is 2.33. The number of carbonyl (C=O) groups is 1. The Morgan fingerprint density at radius 1 is 1.08 bits per heavy atom. The van der Waals surface area contributed by atoms with Gasteiger partial charge in [0.1, 0.15) is 17.3 Å². The van der Waals surface area contributed by atoms with E-state index in [-0.39, 0.29) is 23.8 Å². The van der Waals surface area contributed by atoms with Crippen molar-refractivity contribution in [3.63, 3.8) is 0 Å². The van der Waals surface area contributed by atoms with Gasteiger partial charge >= 0.3 is 6.18 Å². The molecule has 2 aromatic heterocycles. The van der Waals surface area contributed by atoms with E-state index in [1.165, 1.54) is 0 Å². The summed E-state index contributed by atoms with van der Waals surface area (Å²) in [5.74, 6) is 0.360. The second kappa shape index (κ2) is 11.0. The first-order valence-electron chi connectivity index (χ1n) is 12.3. The molecule has 2 N–H and O–H groups in total. The van der Waals surface area contributed by atoms with E-state index in [0.29, 0.717) is 46.9 Å². The summed E-state index contributed by atoms with van der Waals surface area (Å²) in [7, 11) is 1.66. The molecule has 204 valence electrons. The molecule has 0 amide bonds. The molecule has 0 atom stereocenters. The molecule has 1 fully saturated rings. The fraction of sp³-hybridized carbons (Fsp3) is 0.296. The van der Waals surface area contributed by atoms with E-state index in [0.717, 1.165) is 32.2 Å². The minimum absolute atomic E-state index is 0.0775. The number of anilines is 2. The summed E-state index contributed by atoms with van der Waals surface area (Å²) in [6.07, 6.45) is -2.83. The molecule has 8 nitrogen and oxygen atoms in total. The van der Waals surface area contributed by atoms with Gasteiger partial charge in [-0.3, -0.25) is 14.7 Å². The lowest BCUT2D eigenvalue weighted by Crippen LogP contribution is -2.45. The van der Waals surface area contributed by atoms with Gasteiger partial charge in [0.05, 0.1) is 40.9 Å². The number of nitrogens with one attached hydrogen (secondary N) is 2. The molecule has 1 aliphatic heterocycles. The lowest BCUT2D eigenvalue weighted by molar-refractivity contribution is -0.137. The van der Waals surface area contributed by atoms with Crippen LogP contribution in [0.15, 0.2) is 54.7 Å². The summed E-state index contributed by atoms with van der Waals surface area (Å²) < 4.78 is 61.1. The Morgan fingerprint density at radius 2 is 1.85 bits per heavy atom. The molecule has 0 bridgehead atoms. The number of aryl methyl sites for hydroxylation is 1. The number of rotatable bonds is 8. The number of Topliss-reactive ketones (excluding diaryl/α,β-unsaturated/α-hetero) is 1. The van der Waals surface area contributed by atoms with Gasteiger partial charge in [-0.2, -0.15) is 13.2 Å². The van der Waals surface area contributed by atoms with Crippen molar-refractivity contribution in [2.45, 2.75) is 12.6 Å². The van der Waals surface area contributed by atoms with Crippen molar-refractivity contribution in [3.05, 3.63) is 71.8 Å². The van der Waals surface area contributed by atoms with Crippen LogP contribution in [0.1, 0.15) is 11.3 Å². The Bertz CT molecular complexity index is 1500. The maximum Gasteiger partial charge on any atom is 0.416 e. The summed E-state index contributed by atoms with van der Waals surface area (Å²) in [5, 5.41) is 5.92. The zero-order valence-electron chi connectivity index (χ0n) is 21.1. The molecule has 39 heavy (non-hydrogen) atoms. The van der Waals surface area contributed by atoms with Gasteiger partial charge in [-0.1, -0.05) is 0 Å². The predicted octanol–water partition coefficient (Wildman–Crippen LogP) is 4.68. The first-order chi connectivity index (χ1) is 18.7. The molecule has 0 unspecified atom stereocenters. The van der Waals surface area contributed by atoms with Crippen molar-refractivity contribution >= 4 is 28.5 Å². The first kappa shape index (κ1) is 26.6. The Hall–Kier alpha value is -4.03. The Balaban J connectivity index is 1.29. The summed E-state index contributed by atoms with van der Waals surface area (Å²) in [6, 6.07) is 10.7. The molecule has 0 aliphatic carbocycles. The zero-order chi connectivity index (χ0) is 27.6. The number of piperazine rings is 1. The largest absolute Gasteiger partial charge is 0.457 e. The smallest absolute Gasteiger partial charge is 0.416 e. The van der Waals surface area contributed by atoms with Crippen LogP contribution < -0.4 is 15.4 Å². The second-order valence-electron chi connectivity index (χ2n) is 9.29. The van der Waals surface area contributed by atoms with E-state index in [9.17, 15) is 22.4 Å². The first-order valence-corrected chi connectivity index (χ1v) is 12.3. The van der Waals surface area contributed by atoms with E-state index in [4.69, 9.17) is 4.74 Å². The quantitative estimate of drug-likeness (QED) is 0.313. The highest BCUT2D eigenvalue weighted by Gasteiger charge is 2.31. The van der Waals surface area contributed by atoms with E-state index < -0.39 is 17.6 Å². The fourth-order valence-electron chi connectivity index (χ4n) is 4.40. The summed E-state index contributed by atoms with van der Waals surface area (Å²) >= 11 is 0. The van der Waals surface area contributed by atoms with Crippen molar-refractivity contribution in [2.24, 2.45) is 7.05 Å². The number of aromatic nitrogens is 3. The van der Waals surface area contributed by atoms with Gasteiger partial charge in [-0.15, -0.1) is 0 Å². The van der Waals surface area contributed by atoms with Crippen molar-refractivity contribution in [3.8, 4) is 11.5 Å². The number of nitrogens with zero attached hydrogens (tertiary/aromatic N) is 4. The van der Waals surface area contributed by atoms with Crippen LogP contribution in [-0.4, -0.2) is 57.9 Å². The lowest BCUT2D eigenvalue weighted by Gasteiger charge is -2.26. The molecular weight excluding hydrogens is 516 g/mol. The second-order valence-corrected chi connectivity index (χ2v) is 9.29. The maximum atomic E-state index is 14.2. The lowest BCUT2D eigenvalue weighted by atomic mass is 10.2. The number of carbonyl (C=O) groups excluding carboxylic acids is 1. The van der Waals surface area contributed by atoms with Crippen molar-refractivity contribution in [2.75, 3.05) is 38.0 Å². The van der Waals surface area contributed by atoms with Gasteiger partial charge in [0.15, 0.2) is 5.78 Å². The van der Waals surface area contributed by atoms with E-state index in [1.54, 1.807) is 48.1 Å². The number of ether oxygens (including phenoxy) is 1. The van der Waals surface area contributed by atoms with Crippen molar-refractivity contribution in [1.82, 2.24) is 24.8 Å². The van der Waals surface area contributed by atoms with Gasteiger partial charge in [0.2, 0.25) is 5.95 Å². The number of hydrogen-bond acceptors (Lipinski definition) is 7. The van der Waals surface area contributed by atoms with Gasteiger partial charge in [-0.25, -0.2) is 9.37 Å². The fourth-order valence-corrected chi connectivity index (χ4v) is 4.40. The third kappa shape index (κ3) is 6.35. The average molecular weight is 543 g/mol. The Morgan fingerprint density at radius 3 is 2.62 bits per heavy atom. The van der Waals surface area contributed by atoms with Crippen LogP contribution in [0.25, 0.3) is 11.0 Å². The highest BCUT2D eigenvalue weighted by atomic mass is 19.4. The molecule has 0 radical (unpaired) electrons. The third-order valence-electron chi connectivity index (χ3n) is 6.40. The topological polar surface area (TPSA) is 84.3 Å². The van der Waals surface area contributed by atoms with E-state index in [2.05, 4.69) is 25.5 Å². The van der Waals surface area contributed by atoms with Crippen LogP contribution >= 0.6 is 0 Å². The van der Waals surface area contributed by atoms with E-state index >= 15 is 0 Å². The third-order valence-corrected chi connectivity index (χ3v) is 6.40. The number of benzene rings is 2. The predicted molar refractivity (Wildman–Crippen MR) is 138 cm³/mol. The van der Waals surface area contributed by atoms with Crippen LogP contribution in [0, 0.1) is 5.82 Å². The van der Waals surface area contributed by atoms with Crippen LogP contribution in [0.2, 0.25) is 0 Å². The van der Waals surface area contributed by atoms with Gasteiger partial charge < -0.3 is 19.9 Å². The Labute approximate surface area is 221 Å². The van der Waals surface area contributed by atoms with Crippen LogP contribution in [0.3, 0.4) is 0 Å². The number of imidazole rings is 1. The van der Waals surface area contributed by atoms with E-state index in [1.807, 2.05) is 0 Å². The number of halogens is 4. The number of alkyl halides is 3. The number of hydrogen-bond donors (Lipinski definition) is 2. The molecule has 5 rings (SSSR count). The summed E-state index contributed by atoms with van der Waals surface area (Å²) in [6.45, 7) is 3.80. The molecule has 0 saturated carbocycles. The molecule has 0 spiro atoms. The van der Waals surface area contributed by atoms with Gasteiger partial charge in [-0.05, 0) is 36.4 Å². The maximum absolute atomic E-state index is 14.2. The van der Waals surface area contributed by atoms with Crippen molar-refractivity contribution < 1.29 is 27.1 Å². The number of pyridine rings is 1. The standard InChI is InChI=1S/C27H26F4N6O2/c1-36-25-5-3-20(15-24(25)35-26(36)34-23-12-17(27(29,30)31)2-4-22(23)28)39-21-6-7-33-18(14-21)13-19(38)16-37-10-8-32-9-11-37/h2-7,12,14-15,32H,8-11,13,16H2,1H3,(H,34,35).